The van der Waals surface area contributed by atoms with Crippen LogP contribution in [0.2, 0.25) is 0 Å². The van der Waals surface area contributed by atoms with E-state index in [2.05, 4.69) is 47.0 Å². The van der Waals surface area contributed by atoms with Crippen LogP contribution in [-0.2, 0) is 4.74 Å². The Morgan fingerprint density at radius 3 is 2.89 bits per heavy atom. The van der Waals surface area contributed by atoms with Gasteiger partial charge in [-0.2, -0.15) is 5.10 Å². The predicted octanol–water partition coefficient (Wildman–Crippen LogP) is 1.06. The molecule has 0 radical (unpaired) electrons. The van der Waals surface area contributed by atoms with Gasteiger partial charge in [-0.1, -0.05) is 0 Å². The minimum absolute atomic E-state index is 0.183. The number of hydrogen-bond acceptors (Lipinski definition) is 4. The van der Waals surface area contributed by atoms with E-state index in [1.165, 1.54) is 5.69 Å². The van der Waals surface area contributed by atoms with Crippen LogP contribution in [-0.4, -0.2) is 54.6 Å². The van der Waals surface area contributed by atoms with Crippen molar-refractivity contribution in [2.45, 2.75) is 32.0 Å². The molecule has 2 heterocycles. The Bertz CT molecular complexity index is 377. The van der Waals surface area contributed by atoms with Crippen LogP contribution in [0.1, 0.15) is 31.6 Å². The number of nitrogens with zero attached hydrogens (tertiary/aromatic N) is 3. The molecular formula is C13H24N4O. The van der Waals surface area contributed by atoms with Crippen molar-refractivity contribution >= 4 is 0 Å². The molecule has 0 aromatic carbocycles. The van der Waals surface area contributed by atoms with E-state index < -0.39 is 0 Å². The minimum Gasteiger partial charge on any atom is -0.374 e. The molecule has 0 bridgehead atoms. The number of aromatic nitrogens is 2. The van der Waals surface area contributed by atoms with Crippen LogP contribution in [0.15, 0.2) is 12.3 Å². The first-order valence-corrected chi connectivity index (χ1v) is 6.64. The van der Waals surface area contributed by atoms with Crippen LogP contribution >= 0.6 is 0 Å². The zero-order chi connectivity index (χ0) is 13.1. The number of rotatable bonds is 4. The van der Waals surface area contributed by atoms with Crippen LogP contribution in [0.25, 0.3) is 0 Å². The average molecular weight is 252 g/mol. The third-order valence-corrected chi connectivity index (χ3v) is 3.49. The lowest BCUT2D eigenvalue weighted by Gasteiger charge is -2.35. The lowest BCUT2D eigenvalue weighted by Crippen LogP contribution is -2.46. The summed E-state index contributed by atoms with van der Waals surface area (Å²) in [7, 11) is 4.13. The van der Waals surface area contributed by atoms with Crippen LogP contribution < -0.4 is 5.32 Å². The van der Waals surface area contributed by atoms with Gasteiger partial charge in [0.1, 0.15) is 0 Å². The number of morpholine rings is 1. The number of nitrogens with one attached hydrogen (secondary N) is 1. The topological polar surface area (TPSA) is 42.3 Å². The summed E-state index contributed by atoms with van der Waals surface area (Å²) in [4.78, 5) is 2.31. The van der Waals surface area contributed by atoms with Gasteiger partial charge in [0.25, 0.3) is 0 Å². The number of ether oxygens (including phenoxy) is 1. The third-order valence-electron chi connectivity index (χ3n) is 3.49. The largest absolute Gasteiger partial charge is 0.374 e. The van der Waals surface area contributed by atoms with Gasteiger partial charge in [0.05, 0.1) is 24.4 Å². The van der Waals surface area contributed by atoms with Crippen molar-refractivity contribution in [2.75, 3.05) is 33.8 Å². The summed E-state index contributed by atoms with van der Waals surface area (Å²) in [6.45, 7) is 7.06. The van der Waals surface area contributed by atoms with Gasteiger partial charge in [0, 0.05) is 25.3 Å². The quantitative estimate of drug-likeness (QED) is 0.870. The monoisotopic (exact) mass is 252 g/mol. The van der Waals surface area contributed by atoms with Crippen LogP contribution in [0.4, 0.5) is 0 Å². The van der Waals surface area contributed by atoms with E-state index >= 15 is 0 Å². The summed E-state index contributed by atoms with van der Waals surface area (Å²) in [6.07, 6.45) is 2.05. The molecule has 1 aromatic rings. The highest BCUT2D eigenvalue weighted by molar-refractivity contribution is 5.10. The van der Waals surface area contributed by atoms with Crippen LogP contribution in [0.5, 0.6) is 0 Å². The smallest absolute Gasteiger partial charge is 0.0911 e. The normalized spacial score (nSPS) is 23.5. The van der Waals surface area contributed by atoms with Crippen molar-refractivity contribution in [3.63, 3.8) is 0 Å². The zero-order valence-corrected chi connectivity index (χ0v) is 11.8. The van der Waals surface area contributed by atoms with Crippen LogP contribution in [0, 0.1) is 0 Å². The highest BCUT2D eigenvalue weighted by atomic mass is 16.5. The Morgan fingerprint density at radius 1 is 1.50 bits per heavy atom. The Balaban J connectivity index is 2.19. The van der Waals surface area contributed by atoms with E-state index in [4.69, 9.17) is 4.74 Å². The standard InChI is InChI=1S/C13H24N4O/c1-10(2)17-11(5-6-15-17)13(14-3)12-9-16(4)7-8-18-12/h5-6,10,12-14H,7-9H2,1-4H3. The van der Waals surface area contributed by atoms with Gasteiger partial charge in [-0.05, 0) is 34.0 Å². The van der Waals surface area contributed by atoms with Gasteiger partial charge >= 0.3 is 0 Å². The Kier molecular flexibility index (Phi) is 4.37. The van der Waals surface area contributed by atoms with Gasteiger partial charge in [-0.25, -0.2) is 0 Å². The minimum atomic E-state index is 0.183. The van der Waals surface area contributed by atoms with Gasteiger partial charge in [0.15, 0.2) is 0 Å². The molecule has 2 atom stereocenters. The lowest BCUT2D eigenvalue weighted by molar-refractivity contribution is -0.0395. The molecule has 1 aromatic heterocycles. The second-order valence-electron chi connectivity index (χ2n) is 5.23. The second kappa shape index (κ2) is 5.82. The summed E-state index contributed by atoms with van der Waals surface area (Å²) >= 11 is 0. The lowest BCUT2D eigenvalue weighted by atomic mass is 10.1. The maximum absolute atomic E-state index is 5.91. The molecule has 1 aliphatic heterocycles. The first-order valence-electron chi connectivity index (χ1n) is 6.64. The summed E-state index contributed by atoms with van der Waals surface area (Å²) in [5.74, 6) is 0. The van der Waals surface area contributed by atoms with E-state index in [-0.39, 0.29) is 12.1 Å². The molecule has 5 nitrogen and oxygen atoms in total. The predicted molar refractivity (Wildman–Crippen MR) is 71.6 cm³/mol. The summed E-state index contributed by atoms with van der Waals surface area (Å²) in [6, 6.07) is 2.64. The van der Waals surface area contributed by atoms with Crippen molar-refractivity contribution in [2.24, 2.45) is 0 Å². The molecule has 1 aliphatic rings. The van der Waals surface area contributed by atoms with Crippen LogP contribution in [0.3, 0.4) is 0 Å². The molecule has 1 saturated heterocycles. The molecule has 0 spiro atoms. The molecule has 102 valence electrons. The molecule has 1 fully saturated rings. The molecule has 0 aliphatic carbocycles. The number of likely N-dealkylation sites (N-methyl/N-ethyl adjacent to an activating group) is 2. The highest BCUT2D eigenvalue weighted by Gasteiger charge is 2.29. The Labute approximate surface area is 109 Å². The van der Waals surface area contributed by atoms with E-state index in [1.807, 2.05) is 13.2 Å². The maximum Gasteiger partial charge on any atom is 0.0911 e. The molecule has 1 N–H and O–H groups in total. The Hall–Kier alpha value is -0.910. The molecular weight excluding hydrogens is 228 g/mol. The van der Waals surface area contributed by atoms with Gasteiger partial charge in [0.2, 0.25) is 0 Å². The van der Waals surface area contributed by atoms with Gasteiger partial charge in [-0.15, -0.1) is 0 Å². The first-order chi connectivity index (χ1) is 8.63. The fourth-order valence-corrected chi connectivity index (χ4v) is 2.54. The molecule has 2 rings (SSSR count). The van der Waals surface area contributed by atoms with E-state index in [0.717, 1.165) is 19.7 Å². The second-order valence-corrected chi connectivity index (χ2v) is 5.23. The summed E-state index contributed by atoms with van der Waals surface area (Å²) < 4.78 is 7.98. The highest BCUT2D eigenvalue weighted by Crippen LogP contribution is 2.23. The number of hydrogen-bond donors (Lipinski definition) is 1. The maximum atomic E-state index is 5.91. The molecule has 2 unspecified atom stereocenters. The summed E-state index contributed by atoms with van der Waals surface area (Å²) in [5, 5.41) is 7.78. The average Bonchev–Trinajstić information content (AvgIpc) is 2.79. The molecule has 0 amide bonds. The van der Waals surface area contributed by atoms with Crippen molar-refractivity contribution < 1.29 is 4.74 Å². The third kappa shape index (κ3) is 2.74. The summed E-state index contributed by atoms with van der Waals surface area (Å²) in [5.41, 5.74) is 1.20. The molecule has 18 heavy (non-hydrogen) atoms. The van der Waals surface area contributed by atoms with E-state index in [0.29, 0.717) is 6.04 Å². The van der Waals surface area contributed by atoms with E-state index in [1.54, 1.807) is 0 Å². The van der Waals surface area contributed by atoms with Crippen molar-refractivity contribution in [1.82, 2.24) is 20.0 Å². The van der Waals surface area contributed by atoms with E-state index in [9.17, 15) is 0 Å². The van der Waals surface area contributed by atoms with Gasteiger partial charge < -0.3 is 15.0 Å². The fraction of sp³-hybridized carbons (Fsp3) is 0.769. The fourth-order valence-electron chi connectivity index (χ4n) is 2.54. The van der Waals surface area contributed by atoms with Crippen molar-refractivity contribution in [3.05, 3.63) is 18.0 Å². The first kappa shape index (κ1) is 13.5. The molecule has 0 saturated carbocycles. The van der Waals surface area contributed by atoms with Gasteiger partial charge in [-0.3, -0.25) is 4.68 Å². The SMILES string of the molecule is CNC(c1ccnn1C(C)C)C1CN(C)CCO1. The molecule has 5 heteroatoms. The Morgan fingerprint density at radius 2 is 2.28 bits per heavy atom. The van der Waals surface area contributed by atoms with Crippen molar-refractivity contribution in [3.8, 4) is 0 Å². The zero-order valence-electron chi connectivity index (χ0n) is 11.8. The van der Waals surface area contributed by atoms with Crippen molar-refractivity contribution in [1.29, 1.82) is 0 Å².